The summed E-state index contributed by atoms with van der Waals surface area (Å²) in [4.78, 5) is 19.0. The van der Waals surface area contributed by atoms with E-state index in [0.29, 0.717) is 5.92 Å². The van der Waals surface area contributed by atoms with E-state index >= 15 is 0 Å². The summed E-state index contributed by atoms with van der Waals surface area (Å²) in [7, 11) is -0.730. The molecule has 0 aromatic carbocycles. The Kier molecular flexibility index (Phi) is 8.74. The van der Waals surface area contributed by atoms with Crippen molar-refractivity contribution in [2.24, 2.45) is 5.92 Å². The molecule has 1 heterocycles. The van der Waals surface area contributed by atoms with Gasteiger partial charge in [0.25, 0.3) is 0 Å². The number of carbonyl (C=O) groups is 1. The molecule has 0 aromatic heterocycles. The van der Waals surface area contributed by atoms with Crippen molar-refractivity contribution in [1.82, 2.24) is 5.06 Å². The van der Waals surface area contributed by atoms with E-state index in [-0.39, 0.29) is 29.2 Å². The fraction of sp³-hybridized carbons (Fsp3) is 0.870. The van der Waals surface area contributed by atoms with Crippen LogP contribution in [0.15, 0.2) is 12.7 Å². The van der Waals surface area contributed by atoms with Crippen molar-refractivity contribution in [1.29, 1.82) is 0 Å². The van der Waals surface area contributed by atoms with E-state index in [4.69, 9.17) is 14.0 Å². The highest BCUT2D eigenvalue weighted by Crippen LogP contribution is 2.44. The third-order valence-corrected chi connectivity index (χ3v) is 6.76. The Labute approximate surface area is 181 Å². The average Bonchev–Trinajstić information content (AvgIpc) is 2.81. The zero-order chi connectivity index (χ0) is 22.7. The molecule has 0 aliphatic carbocycles. The molecule has 1 saturated heterocycles. The minimum Gasteiger partial charge on any atom is -0.459 e. The summed E-state index contributed by atoms with van der Waals surface area (Å²) in [6, 6.07) is 0. The van der Waals surface area contributed by atoms with E-state index in [1.165, 1.54) is 0 Å². The summed E-state index contributed by atoms with van der Waals surface area (Å²) in [6.07, 6.45) is 4.32. The SMILES string of the molecule is C=CCC1(CC(C)C)CC(C(C)(C)O[SiH2]C(C)(C)C)ON1CC(=O)OC(C)(C)C. The molecule has 0 amide bonds. The van der Waals surface area contributed by atoms with Crippen molar-refractivity contribution >= 4 is 15.7 Å². The maximum atomic E-state index is 12.6. The third kappa shape index (κ3) is 8.52. The second-order valence-corrected chi connectivity index (χ2v) is 14.4. The quantitative estimate of drug-likeness (QED) is 0.301. The molecular formula is C23H45NO4Si. The molecule has 2 unspecified atom stereocenters. The molecule has 29 heavy (non-hydrogen) atoms. The van der Waals surface area contributed by atoms with Crippen LogP contribution in [0.5, 0.6) is 0 Å². The van der Waals surface area contributed by atoms with Crippen molar-refractivity contribution in [3.63, 3.8) is 0 Å². The van der Waals surface area contributed by atoms with Gasteiger partial charge in [-0.1, -0.05) is 40.7 Å². The van der Waals surface area contributed by atoms with Crippen LogP contribution in [0.1, 0.15) is 88.5 Å². The second kappa shape index (κ2) is 9.63. The molecule has 1 rings (SSSR count). The number of hydroxylamine groups is 2. The highest BCUT2D eigenvalue weighted by Gasteiger charge is 2.52. The monoisotopic (exact) mass is 427 g/mol. The summed E-state index contributed by atoms with van der Waals surface area (Å²) in [5.74, 6) is 0.199. The van der Waals surface area contributed by atoms with Gasteiger partial charge in [-0.15, -0.1) is 6.58 Å². The van der Waals surface area contributed by atoms with Crippen LogP contribution in [-0.2, 0) is 18.8 Å². The van der Waals surface area contributed by atoms with Gasteiger partial charge in [-0.05, 0) is 64.8 Å². The van der Waals surface area contributed by atoms with Crippen LogP contribution < -0.4 is 0 Å². The largest absolute Gasteiger partial charge is 0.459 e. The predicted molar refractivity (Wildman–Crippen MR) is 122 cm³/mol. The molecule has 0 aromatic rings. The summed E-state index contributed by atoms with van der Waals surface area (Å²) in [5, 5.41) is 2.08. The maximum Gasteiger partial charge on any atom is 0.323 e. The number of ether oxygens (including phenoxy) is 1. The van der Waals surface area contributed by atoms with Gasteiger partial charge in [0.2, 0.25) is 0 Å². The molecule has 2 atom stereocenters. The molecule has 170 valence electrons. The Morgan fingerprint density at radius 2 is 1.83 bits per heavy atom. The van der Waals surface area contributed by atoms with Gasteiger partial charge in [0.15, 0.2) is 9.76 Å². The molecule has 0 spiro atoms. The first-order chi connectivity index (χ1) is 13.0. The van der Waals surface area contributed by atoms with Crippen LogP contribution in [0.2, 0.25) is 5.04 Å². The fourth-order valence-corrected chi connectivity index (χ4v) is 4.79. The Bertz CT molecular complexity index is 562. The highest BCUT2D eigenvalue weighted by atomic mass is 28.2. The zero-order valence-electron chi connectivity index (χ0n) is 20.6. The van der Waals surface area contributed by atoms with Crippen molar-refractivity contribution in [2.75, 3.05) is 6.54 Å². The number of carbonyl (C=O) groups excluding carboxylic acids is 1. The number of hydrogen-bond donors (Lipinski definition) is 0. The number of esters is 1. The second-order valence-electron chi connectivity index (χ2n) is 11.7. The first-order valence-corrected chi connectivity index (χ1v) is 12.2. The van der Waals surface area contributed by atoms with Crippen LogP contribution in [0, 0.1) is 5.92 Å². The van der Waals surface area contributed by atoms with E-state index in [1.807, 2.05) is 31.9 Å². The van der Waals surface area contributed by atoms with Gasteiger partial charge >= 0.3 is 5.97 Å². The lowest BCUT2D eigenvalue weighted by Crippen LogP contribution is -2.47. The predicted octanol–water partition coefficient (Wildman–Crippen LogP) is 4.79. The normalized spacial score (nSPS) is 24.6. The van der Waals surface area contributed by atoms with Crippen molar-refractivity contribution in [2.45, 2.75) is 116 Å². The summed E-state index contributed by atoms with van der Waals surface area (Å²) < 4.78 is 12.0. The van der Waals surface area contributed by atoms with E-state index in [0.717, 1.165) is 19.3 Å². The molecule has 0 N–H and O–H groups in total. The van der Waals surface area contributed by atoms with Gasteiger partial charge in [-0.2, -0.15) is 5.06 Å². The van der Waals surface area contributed by atoms with Gasteiger partial charge < -0.3 is 9.16 Å². The summed E-state index contributed by atoms with van der Waals surface area (Å²) >= 11 is 0. The summed E-state index contributed by atoms with van der Waals surface area (Å²) in [5.41, 5.74) is -1.21. The van der Waals surface area contributed by atoms with Crippen LogP contribution in [0.4, 0.5) is 0 Å². The van der Waals surface area contributed by atoms with E-state index in [1.54, 1.807) is 0 Å². The van der Waals surface area contributed by atoms with Crippen molar-refractivity contribution in [3.05, 3.63) is 12.7 Å². The first-order valence-electron chi connectivity index (χ1n) is 10.9. The standard InChI is InChI=1S/C23H45NO4Si/c1-12-13-23(14-17(2)3)15-18(22(10,11)28-29-21(7,8)9)27-24(23)16-19(25)26-20(4,5)6/h12,17-18H,1,13-16,29H2,2-11H3. The topological polar surface area (TPSA) is 48.0 Å². The number of rotatable bonds is 9. The van der Waals surface area contributed by atoms with Crippen molar-refractivity contribution in [3.8, 4) is 0 Å². The molecule has 1 aliphatic heterocycles. The third-order valence-electron chi connectivity index (χ3n) is 5.01. The van der Waals surface area contributed by atoms with Crippen LogP contribution in [-0.4, -0.2) is 50.2 Å². The van der Waals surface area contributed by atoms with Gasteiger partial charge in [-0.3, -0.25) is 9.63 Å². The molecule has 0 radical (unpaired) electrons. The van der Waals surface area contributed by atoms with Crippen LogP contribution >= 0.6 is 0 Å². The first kappa shape index (κ1) is 26.3. The Morgan fingerprint density at radius 3 is 2.28 bits per heavy atom. The molecule has 1 fully saturated rings. The Balaban J connectivity index is 3.10. The highest BCUT2D eigenvalue weighted by molar-refractivity contribution is 6.31. The smallest absolute Gasteiger partial charge is 0.323 e. The van der Waals surface area contributed by atoms with Crippen LogP contribution in [0.25, 0.3) is 0 Å². The molecule has 0 saturated carbocycles. The minimum absolute atomic E-state index is 0.112. The molecule has 5 nitrogen and oxygen atoms in total. The minimum atomic E-state index is -0.730. The van der Waals surface area contributed by atoms with Gasteiger partial charge in [0.1, 0.15) is 18.2 Å². The van der Waals surface area contributed by atoms with Gasteiger partial charge in [0, 0.05) is 0 Å². The Morgan fingerprint density at radius 1 is 1.24 bits per heavy atom. The lowest BCUT2D eigenvalue weighted by Gasteiger charge is -2.37. The van der Waals surface area contributed by atoms with E-state index in [2.05, 4.69) is 55.0 Å². The number of nitrogens with zero attached hydrogens (tertiary/aromatic N) is 1. The molecular weight excluding hydrogens is 382 g/mol. The fourth-order valence-electron chi connectivity index (χ4n) is 3.80. The summed E-state index contributed by atoms with van der Waals surface area (Å²) in [6.45, 7) is 25.1. The van der Waals surface area contributed by atoms with Crippen molar-refractivity contribution < 1.29 is 18.8 Å². The zero-order valence-corrected chi connectivity index (χ0v) is 22.0. The maximum absolute atomic E-state index is 12.6. The van der Waals surface area contributed by atoms with E-state index in [9.17, 15) is 4.79 Å². The van der Waals surface area contributed by atoms with Gasteiger partial charge in [-0.25, -0.2) is 0 Å². The lowest BCUT2D eigenvalue weighted by molar-refractivity contribution is -0.224. The molecule has 1 aliphatic rings. The molecule has 0 bridgehead atoms. The lowest BCUT2D eigenvalue weighted by atomic mass is 9.79. The molecule has 6 heteroatoms. The van der Waals surface area contributed by atoms with Gasteiger partial charge in [0.05, 0.1) is 11.1 Å². The Hall–Kier alpha value is -0.693. The van der Waals surface area contributed by atoms with E-state index < -0.39 is 21.0 Å². The number of hydrogen-bond acceptors (Lipinski definition) is 5. The van der Waals surface area contributed by atoms with Crippen LogP contribution in [0.3, 0.4) is 0 Å². The average molecular weight is 428 g/mol.